The van der Waals surface area contributed by atoms with Crippen LogP contribution in [0.2, 0.25) is 0 Å². The van der Waals surface area contributed by atoms with Crippen molar-refractivity contribution >= 4 is 22.0 Å². The predicted octanol–water partition coefficient (Wildman–Crippen LogP) is 2.81. The summed E-state index contributed by atoms with van der Waals surface area (Å²) in [4.78, 5) is 0. The fourth-order valence-corrected chi connectivity index (χ4v) is 3.74. The number of nitrogens with zero attached hydrogens (tertiary/aromatic N) is 1. The lowest BCUT2D eigenvalue weighted by Gasteiger charge is -2.25. The maximum Gasteiger partial charge on any atom is 0.00898 e. The predicted molar refractivity (Wildman–Crippen MR) is 68.1 cm³/mol. The van der Waals surface area contributed by atoms with Crippen molar-refractivity contribution in [1.82, 2.24) is 4.31 Å². The Morgan fingerprint density at radius 1 is 1.15 bits per heavy atom. The van der Waals surface area contributed by atoms with Crippen LogP contribution in [0.1, 0.15) is 19.3 Å². The highest BCUT2D eigenvalue weighted by molar-refractivity contribution is 8.32. The molecule has 0 saturated carbocycles. The zero-order valence-corrected chi connectivity index (χ0v) is 10.8. The average Bonchev–Trinajstić information content (AvgIpc) is 2.48. The van der Waals surface area contributed by atoms with Gasteiger partial charge in [0.15, 0.2) is 0 Å². The largest absolute Gasteiger partial charge is 0.251 e. The summed E-state index contributed by atoms with van der Waals surface area (Å²) in [5.74, 6) is 2.78. The van der Waals surface area contributed by atoms with Gasteiger partial charge in [-0.15, -0.1) is 0 Å². The van der Waals surface area contributed by atoms with E-state index in [0.29, 0.717) is 0 Å². The van der Waals surface area contributed by atoms with Gasteiger partial charge in [-0.3, -0.25) is 4.31 Å². The van der Waals surface area contributed by atoms with E-state index in [-0.39, 0.29) is 10.0 Å². The third-order valence-corrected chi connectivity index (χ3v) is 4.95. The third kappa shape index (κ3) is 5.87. The second kappa shape index (κ2) is 5.52. The Kier molecular flexibility index (Phi) is 4.98. The van der Waals surface area contributed by atoms with Gasteiger partial charge in [-0.2, -0.15) is 0 Å². The summed E-state index contributed by atoms with van der Waals surface area (Å²) >= 11 is 2.07. The molecular formula is C10H23NS2. The fourth-order valence-electron chi connectivity index (χ4n) is 1.50. The van der Waals surface area contributed by atoms with Crippen molar-refractivity contribution in [3.05, 3.63) is 0 Å². The molecule has 0 atom stereocenters. The highest BCUT2D eigenvalue weighted by atomic mass is 32.3. The summed E-state index contributed by atoms with van der Waals surface area (Å²) in [6.07, 6.45) is 11.5. The van der Waals surface area contributed by atoms with E-state index in [2.05, 4.69) is 35.0 Å². The molecule has 0 unspecified atom stereocenters. The van der Waals surface area contributed by atoms with Gasteiger partial charge < -0.3 is 0 Å². The van der Waals surface area contributed by atoms with Crippen molar-refractivity contribution in [2.75, 3.05) is 43.4 Å². The van der Waals surface area contributed by atoms with Crippen LogP contribution in [-0.4, -0.2) is 47.7 Å². The topological polar surface area (TPSA) is 3.24 Å². The number of hydrogen-bond acceptors (Lipinski definition) is 2. The van der Waals surface area contributed by atoms with Crippen LogP contribution in [0, 0.1) is 0 Å². The van der Waals surface area contributed by atoms with Crippen LogP contribution in [0.15, 0.2) is 0 Å². The summed E-state index contributed by atoms with van der Waals surface area (Å²) < 4.78 is 2.54. The van der Waals surface area contributed by atoms with Crippen molar-refractivity contribution in [3.8, 4) is 0 Å². The van der Waals surface area contributed by atoms with E-state index in [1.54, 1.807) is 0 Å². The molecule has 1 aliphatic heterocycles. The van der Waals surface area contributed by atoms with Crippen molar-refractivity contribution in [3.63, 3.8) is 0 Å². The SMILES string of the molecule is CS(C)(C)CCCSN1CCCC1. The average molecular weight is 221 g/mol. The van der Waals surface area contributed by atoms with Gasteiger partial charge in [0.25, 0.3) is 0 Å². The van der Waals surface area contributed by atoms with Crippen LogP contribution >= 0.6 is 22.0 Å². The summed E-state index contributed by atoms with van der Waals surface area (Å²) in [6.45, 7) is 2.65. The molecule has 0 aliphatic carbocycles. The molecule has 1 heterocycles. The van der Waals surface area contributed by atoms with E-state index in [4.69, 9.17) is 0 Å². The zero-order valence-electron chi connectivity index (χ0n) is 9.21. The molecule has 0 aromatic carbocycles. The molecule has 1 saturated heterocycles. The molecule has 0 spiro atoms. The first-order valence-corrected chi connectivity index (χ1v) is 9.09. The normalized spacial score (nSPS) is 20.8. The first kappa shape index (κ1) is 11.7. The lowest BCUT2D eigenvalue weighted by atomic mass is 10.4. The zero-order chi connectivity index (χ0) is 9.73. The Balaban J connectivity index is 1.94. The van der Waals surface area contributed by atoms with Gasteiger partial charge in [0.2, 0.25) is 0 Å². The van der Waals surface area contributed by atoms with Crippen molar-refractivity contribution in [2.45, 2.75) is 19.3 Å². The summed E-state index contributed by atoms with van der Waals surface area (Å²) in [5.41, 5.74) is 0. The van der Waals surface area contributed by atoms with E-state index in [0.717, 1.165) is 0 Å². The summed E-state index contributed by atoms with van der Waals surface area (Å²) in [6, 6.07) is 0. The first-order chi connectivity index (χ1) is 6.08. The van der Waals surface area contributed by atoms with Crippen LogP contribution in [0.3, 0.4) is 0 Å². The highest BCUT2D eigenvalue weighted by Gasteiger charge is 2.11. The molecule has 13 heavy (non-hydrogen) atoms. The maximum absolute atomic E-state index is 2.54. The van der Waals surface area contributed by atoms with E-state index in [1.807, 2.05) is 0 Å². The van der Waals surface area contributed by atoms with Crippen LogP contribution < -0.4 is 0 Å². The minimum atomic E-state index is -0.252. The van der Waals surface area contributed by atoms with Gasteiger partial charge in [-0.25, -0.2) is 10.0 Å². The molecule has 0 aromatic heterocycles. The molecule has 0 aromatic rings. The van der Waals surface area contributed by atoms with Gasteiger partial charge in [0, 0.05) is 18.8 Å². The van der Waals surface area contributed by atoms with Gasteiger partial charge in [0.1, 0.15) is 0 Å². The van der Waals surface area contributed by atoms with Crippen molar-refractivity contribution in [1.29, 1.82) is 0 Å². The Morgan fingerprint density at radius 3 is 2.31 bits per heavy atom. The molecule has 0 amide bonds. The lowest BCUT2D eigenvalue weighted by molar-refractivity contribution is 0.586. The fraction of sp³-hybridized carbons (Fsp3) is 1.00. The summed E-state index contributed by atoms with van der Waals surface area (Å²) in [7, 11) is -0.252. The van der Waals surface area contributed by atoms with Crippen molar-refractivity contribution in [2.24, 2.45) is 0 Å². The van der Waals surface area contributed by atoms with Gasteiger partial charge in [0.05, 0.1) is 0 Å². The Bertz CT molecular complexity index is 136. The Morgan fingerprint density at radius 2 is 1.77 bits per heavy atom. The van der Waals surface area contributed by atoms with E-state index in [1.165, 1.54) is 43.9 Å². The lowest BCUT2D eigenvalue weighted by Crippen LogP contribution is -2.11. The second-order valence-corrected chi connectivity index (χ2v) is 10.4. The van der Waals surface area contributed by atoms with Gasteiger partial charge in [-0.05, 0) is 43.8 Å². The quantitative estimate of drug-likeness (QED) is 0.519. The van der Waals surface area contributed by atoms with Crippen LogP contribution in [0.5, 0.6) is 0 Å². The molecule has 1 fully saturated rings. The van der Waals surface area contributed by atoms with E-state index < -0.39 is 0 Å². The molecule has 0 N–H and O–H groups in total. The Labute approximate surface area is 89.1 Å². The number of hydrogen-bond donors (Lipinski definition) is 0. The Hall–Kier alpha value is 0.660. The minimum Gasteiger partial charge on any atom is -0.251 e. The smallest absolute Gasteiger partial charge is 0.00898 e. The maximum atomic E-state index is 2.54. The molecule has 1 aliphatic rings. The molecule has 3 heteroatoms. The van der Waals surface area contributed by atoms with Crippen LogP contribution in [0.25, 0.3) is 0 Å². The first-order valence-electron chi connectivity index (χ1n) is 5.12. The van der Waals surface area contributed by atoms with Gasteiger partial charge >= 0.3 is 0 Å². The second-order valence-electron chi connectivity index (χ2n) is 4.62. The van der Waals surface area contributed by atoms with E-state index >= 15 is 0 Å². The highest BCUT2D eigenvalue weighted by Crippen LogP contribution is 2.35. The van der Waals surface area contributed by atoms with Gasteiger partial charge in [-0.1, -0.05) is 11.9 Å². The van der Waals surface area contributed by atoms with Crippen LogP contribution in [-0.2, 0) is 0 Å². The minimum absolute atomic E-state index is 0.252. The molecule has 1 nitrogen and oxygen atoms in total. The van der Waals surface area contributed by atoms with E-state index in [9.17, 15) is 0 Å². The molecule has 0 radical (unpaired) electrons. The summed E-state index contributed by atoms with van der Waals surface area (Å²) in [5, 5.41) is 0. The molecule has 80 valence electrons. The molecular weight excluding hydrogens is 198 g/mol. The molecule has 1 rings (SSSR count). The standard InChI is InChI=1S/C10H23NS2/c1-13(2,3)10-6-9-12-11-7-4-5-8-11/h4-10H2,1-3H3. The third-order valence-electron chi connectivity index (χ3n) is 2.24. The van der Waals surface area contributed by atoms with Crippen LogP contribution in [0.4, 0.5) is 0 Å². The number of rotatable bonds is 5. The monoisotopic (exact) mass is 221 g/mol. The van der Waals surface area contributed by atoms with Crippen molar-refractivity contribution < 1.29 is 0 Å². The molecule has 0 bridgehead atoms.